The van der Waals surface area contributed by atoms with Gasteiger partial charge in [-0.05, 0) is 12.1 Å². The quantitative estimate of drug-likeness (QED) is 0.774. The van der Waals surface area contributed by atoms with E-state index >= 15 is 0 Å². The largest absolute Gasteiger partial charge is 0.505 e. The van der Waals surface area contributed by atoms with Crippen LogP contribution in [-0.4, -0.2) is 23.2 Å². The molecular formula is C11H8ClNO3. The molecule has 0 fully saturated rings. The smallest absolute Gasteiger partial charge is 0.360 e. The molecule has 1 N–H and O–H groups in total. The summed E-state index contributed by atoms with van der Waals surface area (Å²) in [6, 6.07) is 4.97. The Labute approximate surface area is 96.4 Å². The molecule has 0 unspecified atom stereocenters. The number of ether oxygens (including phenoxy) is 1. The summed E-state index contributed by atoms with van der Waals surface area (Å²) >= 11 is 5.81. The van der Waals surface area contributed by atoms with Gasteiger partial charge in [0.05, 0.1) is 7.11 Å². The van der Waals surface area contributed by atoms with Crippen LogP contribution in [0.15, 0.2) is 24.4 Å². The van der Waals surface area contributed by atoms with Crippen molar-refractivity contribution in [1.29, 1.82) is 0 Å². The Morgan fingerprint density at radius 1 is 1.50 bits per heavy atom. The molecule has 5 heteroatoms. The first-order chi connectivity index (χ1) is 7.63. The average Bonchev–Trinajstić information content (AvgIpc) is 2.29. The van der Waals surface area contributed by atoms with Crippen LogP contribution in [0.4, 0.5) is 0 Å². The van der Waals surface area contributed by atoms with E-state index in [0.717, 1.165) is 0 Å². The molecule has 0 aliphatic rings. The van der Waals surface area contributed by atoms with Gasteiger partial charge >= 0.3 is 5.97 Å². The number of aromatic nitrogens is 1. The molecule has 0 atom stereocenters. The molecule has 0 saturated carbocycles. The third kappa shape index (κ3) is 1.67. The summed E-state index contributed by atoms with van der Waals surface area (Å²) in [4.78, 5) is 15.1. The van der Waals surface area contributed by atoms with Gasteiger partial charge in [0.2, 0.25) is 0 Å². The number of hydrogen-bond acceptors (Lipinski definition) is 4. The van der Waals surface area contributed by atoms with E-state index in [1.807, 2.05) is 0 Å². The maximum Gasteiger partial charge on any atom is 0.360 e. The molecule has 1 aromatic carbocycles. The second-order valence-electron chi connectivity index (χ2n) is 3.18. The number of nitrogens with zero attached hydrogens (tertiary/aromatic N) is 1. The van der Waals surface area contributed by atoms with Gasteiger partial charge in [-0.2, -0.15) is 0 Å². The number of aromatic hydroxyl groups is 1. The van der Waals surface area contributed by atoms with Gasteiger partial charge < -0.3 is 9.84 Å². The van der Waals surface area contributed by atoms with Gasteiger partial charge in [-0.25, -0.2) is 9.78 Å². The SMILES string of the molecule is COC(=O)c1ncc2ccc(Cl)cc2c1O. The Morgan fingerprint density at radius 2 is 2.25 bits per heavy atom. The fourth-order valence-corrected chi connectivity index (χ4v) is 1.59. The van der Waals surface area contributed by atoms with E-state index < -0.39 is 5.97 Å². The molecule has 2 aromatic rings. The van der Waals surface area contributed by atoms with Crippen LogP contribution in [0.25, 0.3) is 10.8 Å². The minimum absolute atomic E-state index is 0.114. The third-order valence-corrected chi connectivity index (χ3v) is 2.44. The molecule has 4 nitrogen and oxygen atoms in total. The van der Waals surface area contributed by atoms with Crippen molar-refractivity contribution in [2.24, 2.45) is 0 Å². The van der Waals surface area contributed by atoms with Crippen LogP contribution in [0.5, 0.6) is 5.75 Å². The van der Waals surface area contributed by atoms with Gasteiger partial charge in [0.15, 0.2) is 11.4 Å². The molecule has 16 heavy (non-hydrogen) atoms. The molecule has 0 aliphatic heterocycles. The van der Waals surface area contributed by atoms with E-state index in [0.29, 0.717) is 15.8 Å². The lowest BCUT2D eigenvalue weighted by Gasteiger charge is -2.05. The first-order valence-corrected chi connectivity index (χ1v) is 4.87. The van der Waals surface area contributed by atoms with E-state index in [4.69, 9.17) is 11.6 Å². The maximum absolute atomic E-state index is 11.3. The van der Waals surface area contributed by atoms with Crippen molar-refractivity contribution in [2.45, 2.75) is 0 Å². The van der Waals surface area contributed by atoms with E-state index in [1.165, 1.54) is 13.3 Å². The molecule has 0 saturated heterocycles. The van der Waals surface area contributed by atoms with Crippen molar-refractivity contribution in [1.82, 2.24) is 4.98 Å². The Hall–Kier alpha value is -1.81. The molecule has 0 spiro atoms. The minimum Gasteiger partial charge on any atom is -0.505 e. The number of methoxy groups -OCH3 is 1. The zero-order valence-electron chi connectivity index (χ0n) is 8.40. The monoisotopic (exact) mass is 237 g/mol. The lowest BCUT2D eigenvalue weighted by Crippen LogP contribution is -2.04. The highest BCUT2D eigenvalue weighted by Gasteiger charge is 2.15. The molecule has 0 aliphatic carbocycles. The summed E-state index contributed by atoms with van der Waals surface area (Å²) in [7, 11) is 1.23. The zero-order valence-corrected chi connectivity index (χ0v) is 9.15. The van der Waals surface area contributed by atoms with Gasteiger partial charge in [-0.3, -0.25) is 0 Å². The van der Waals surface area contributed by atoms with Crippen molar-refractivity contribution in [3.63, 3.8) is 0 Å². The number of rotatable bonds is 1. The van der Waals surface area contributed by atoms with Crippen LogP contribution in [0.3, 0.4) is 0 Å². The number of hydrogen-bond donors (Lipinski definition) is 1. The molecule has 2 rings (SSSR count). The minimum atomic E-state index is -0.681. The molecule has 82 valence electrons. The maximum atomic E-state index is 11.3. The fraction of sp³-hybridized carbons (Fsp3) is 0.0909. The van der Waals surface area contributed by atoms with Gasteiger partial charge in [-0.1, -0.05) is 17.7 Å². The summed E-state index contributed by atoms with van der Waals surface area (Å²) < 4.78 is 4.50. The Morgan fingerprint density at radius 3 is 2.94 bits per heavy atom. The van der Waals surface area contributed by atoms with Gasteiger partial charge in [0, 0.05) is 22.0 Å². The number of pyridine rings is 1. The molecule has 1 heterocycles. The Bertz CT molecular complexity index is 568. The van der Waals surface area contributed by atoms with Crippen LogP contribution in [0.1, 0.15) is 10.5 Å². The van der Waals surface area contributed by atoms with Crippen molar-refractivity contribution >= 4 is 28.3 Å². The molecule has 0 bridgehead atoms. The summed E-state index contributed by atoms with van der Waals surface area (Å²) in [5.74, 6) is -0.897. The van der Waals surface area contributed by atoms with E-state index in [9.17, 15) is 9.90 Å². The summed E-state index contributed by atoms with van der Waals surface area (Å²) in [5, 5.41) is 11.5. The summed E-state index contributed by atoms with van der Waals surface area (Å²) in [6.45, 7) is 0. The standard InChI is InChI=1S/C11H8ClNO3/c1-16-11(15)9-10(14)8-4-7(12)3-2-6(8)5-13-9/h2-5,14H,1H3. The second-order valence-corrected chi connectivity index (χ2v) is 3.62. The third-order valence-electron chi connectivity index (χ3n) is 2.21. The molecular weight excluding hydrogens is 230 g/mol. The highest BCUT2D eigenvalue weighted by molar-refractivity contribution is 6.31. The normalized spacial score (nSPS) is 10.4. The number of fused-ring (bicyclic) bond motifs is 1. The zero-order chi connectivity index (χ0) is 11.7. The number of esters is 1. The van der Waals surface area contributed by atoms with Gasteiger partial charge in [0.25, 0.3) is 0 Å². The van der Waals surface area contributed by atoms with E-state index in [2.05, 4.69) is 9.72 Å². The van der Waals surface area contributed by atoms with Crippen molar-refractivity contribution < 1.29 is 14.6 Å². The number of benzene rings is 1. The summed E-state index contributed by atoms with van der Waals surface area (Å²) in [5.41, 5.74) is -0.114. The Kier molecular flexibility index (Phi) is 2.66. The fourth-order valence-electron chi connectivity index (χ4n) is 1.42. The van der Waals surface area contributed by atoms with Crippen molar-refractivity contribution in [2.75, 3.05) is 7.11 Å². The van der Waals surface area contributed by atoms with Crippen LogP contribution < -0.4 is 0 Å². The molecule has 1 aromatic heterocycles. The first kappa shape index (κ1) is 10.7. The number of carbonyl (C=O) groups excluding carboxylic acids is 1. The van der Waals surface area contributed by atoms with Crippen molar-refractivity contribution in [3.05, 3.63) is 35.1 Å². The van der Waals surface area contributed by atoms with Crippen molar-refractivity contribution in [3.8, 4) is 5.75 Å². The number of carbonyl (C=O) groups is 1. The van der Waals surface area contributed by atoms with Crippen LogP contribution in [-0.2, 0) is 4.74 Å². The highest BCUT2D eigenvalue weighted by atomic mass is 35.5. The van der Waals surface area contributed by atoms with Crippen LogP contribution in [0.2, 0.25) is 5.02 Å². The lowest BCUT2D eigenvalue weighted by molar-refractivity contribution is 0.0591. The van der Waals surface area contributed by atoms with Crippen LogP contribution >= 0.6 is 11.6 Å². The predicted molar refractivity (Wildman–Crippen MR) is 59.8 cm³/mol. The first-order valence-electron chi connectivity index (χ1n) is 4.49. The van der Waals surface area contributed by atoms with Gasteiger partial charge in [0.1, 0.15) is 0 Å². The highest BCUT2D eigenvalue weighted by Crippen LogP contribution is 2.29. The predicted octanol–water partition coefficient (Wildman–Crippen LogP) is 2.38. The summed E-state index contributed by atoms with van der Waals surface area (Å²) in [6.07, 6.45) is 1.48. The van der Waals surface area contributed by atoms with Gasteiger partial charge in [-0.15, -0.1) is 0 Å². The molecule has 0 amide bonds. The average molecular weight is 238 g/mol. The van der Waals surface area contributed by atoms with Crippen LogP contribution in [0, 0.1) is 0 Å². The van der Waals surface area contributed by atoms with E-state index in [-0.39, 0.29) is 11.4 Å². The molecule has 0 radical (unpaired) electrons. The number of halogens is 1. The second kappa shape index (κ2) is 3.98. The van der Waals surface area contributed by atoms with E-state index in [1.54, 1.807) is 18.2 Å². The Balaban J connectivity index is 2.72. The topological polar surface area (TPSA) is 59.4 Å². The lowest BCUT2D eigenvalue weighted by atomic mass is 10.1.